The number of carbonyl (C=O) groups excluding carboxylic acids is 2. The Hall–Kier alpha value is -3.37. The molecule has 0 aliphatic carbocycles. The van der Waals surface area contributed by atoms with Crippen molar-refractivity contribution in [3.05, 3.63) is 58.4 Å². The van der Waals surface area contributed by atoms with E-state index in [-0.39, 0.29) is 17.6 Å². The molecule has 9 nitrogen and oxygen atoms in total. The highest BCUT2D eigenvalue weighted by molar-refractivity contribution is 8.00. The first kappa shape index (κ1) is 24.7. The van der Waals surface area contributed by atoms with E-state index in [0.29, 0.717) is 46.2 Å². The van der Waals surface area contributed by atoms with Crippen molar-refractivity contribution in [2.24, 2.45) is 0 Å². The fraction of sp³-hybridized carbons (Fsp3) is 0.360. The molecular weight excluding hydrogens is 470 g/mol. The van der Waals surface area contributed by atoms with Crippen LogP contribution in [0.3, 0.4) is 0 Å². The van der Waals surface area contributed by atoms with E-state index in [1.54, 1.807) is 55.0 Å². The van der Waals surface area contributed by atoms with E-state index in [9.17, 15) is 14.4 Å². The Morgan fingerprint density at radius 3 is 2.66 bits per heavy atom. The number of nitrogens with one attached hydrogen (secondary N) is 1. The van der Waals surface area contributed by atoms with Gasteiger partial charge in [-0.3, -0.25) is 14.2 Å². The van der Waals surface area contributed by atoms with Gasteiger partial charge in [0.15, 0.2) is 5.16 Å². The molecular formula is C25H27N3O6S. The van der Waals surface area contributed by atoms with Gasteiger partial charge in [-0.1, -0.05) is 11.8 Å². The van der Waals surface area contributed by atoms with E-state index in [0.717, 1.165) is 12.8 Å². The first-order valence-electron chi connectivity index (χ1n) is 11.3. The summed E-state index contributed by atoms with van der Waals surface area (Å²) in [4.78, 5) is 43.0. The second-order valence-corrected chi connectivity index (χ2v) is 9.45. The van der Waals surface area contributed by atoms with Crippen LogP contribution in [0.25, 0.3) is 10.9 Å². The van der Waals surface area contributed by atoms with Crippen molar-refractivity contribution in [2.45, 2.75) is 42.8 Å². The van der Waals surface area contributed by atoms with Crippen LogP contribution in [0.2, 0.25) is 0 Å². The van der Waals surface area contributed by atoms with Crippen LogP contribution in [0.5, 0.6) is 5.75 Å². The van der Waals surface area contributed by atoms with Gasteiger partial charge in [0.05, 0.1) is 48.6 Å². The molecule has 1 aliphatic rings. The number of rotatable bonds is 8. The molecule has 1 amide bonds. The lowest BCUT2D eigenvalue weighted by Crippen LogP contribution is -2.30. The second-order valence-electron chi connectivity index (χ2n) is 8.15. The average molecular weight is 498 g/mol. The Morgan fingerprint density at radius 2 is 2.00 bits per heavy atom. The van der Waals surface area contributed by atoms with Crippen molar-refractivity contribution in [3.63, 3.8) is 0 Å². The van der Waals surface area contributed by atoms with Crippen LogP contribution in [0, 0.1) is 0 Å². The monoisotopic (exact) mass is 497 g/mol. The number of esters is 1. The van der Waals surface area contributed by atoms with Gasteiger partial charge in [-0.05, 0) is 62.2 Å². The van der Waals surface area contributed by atoms with Gasteiger partial charge in [0, 0.05) is 12.3 Å². The van der Waals surface area contributed by atoms with Crippen molar-refractivity contribution in [2.75, 3.05) is 26.1 Å². The summed E-state index contributed by atoms with van der Waals surface area (Å²) in [6.07, 6.45) is 1.69. The summed E-state index contributed by atoms with van der Waals surface area (Å²) in [7, 11) is 2.87. The van der Waals surface area contributed by atoms with E-state index in [2.05, 4.69) is 10.3 Å². The van der Waals surface area contributed by atoms with Crippen LogP contribution in [0.15, 0.2) is 52.4 Å². The van der Waals surface area contributed by atoms with E-state index < -0.39 is 11.2 Å². The molecule has 1 saturated heterocycles. The molecule has 2 heterocycles. The minimum Gasteiger partial charge on any atom is -0.497 e. The van der Waals surface area contributed by atoms with E-state index >= 15 is 0 Å². The number of nitrogens with zero attached hydrogens (tertiary/aromatic N) is 2. The number of methoxy groups -OCH3 is 2. The molecule has 1 fully saturated rings. The summed E-state index contributed by atoms with van der Waals surface area (Å²) < 4.78 is 17.3. The highest BCUT2D eigenvalue weighted by Crippen LogP contribution is 2.26. The summed E-state index contributed by atoms with van der Waals surface area (Å²) in [5.74, 6) is -0.0598. The standard InChI is InChI=1S/C25H27N3O6S/c1-15(22(29)26-17-7-9-18(32-2)10-8-17)35-25-27-21-13-16(24(31)33-3)6-11-20(21)23(30)28(25)14-19-5-4-12-34-19/h6-11,13,15,19H,4-5,12,14H2,1-3H3,(H,26,29)/t15-,19-/m0/s1. The summed E-state index contributed by atoms with van der Waals surface area (Å²) >= 11 is 1.18. The topological polar surface area (TPSA) is 109 Å². The van der Waals surface area contributed by atoms with Crippen LogP contribution in [0.1, 0.15) is 30.1 Å². The molecule has 1 aromatic heterocycles. The van der Waals surface area contributed by atoms with Crippen molar-refractivity contribution in [3.8, 4) is 5.75 Å². The molecule has 184 valence electrons. The Bertz CT molecular complexity index is 1280. The lowest BCUT2D eigenvalue weighted by Gasteiger charge is -2.19. The zero-order valence-corrected chi connectivity index (χ0v) is 20.6. The molecule has 35 heavy (non-hydrogen) atoms. The zero-order chi connectivity index (χ0) is 24.9. The summed E-state index contributed by atoms with van der Waals surface area (Å²) in [6, 6.07) is 11.7. The molecule has 10 heteroatoms. The highest BCUT2D eigenvalue weighted by Gasteiger charge is 2.24. The van der Waals surface area contributed by atoms with Gasteiger partial charge < -0.3 is 19.5 Å². The first-order chi connectivity index (χ1) is 16.9. The lowest BCUT2D eigenvalue weighted by atomic mass is 10.1. The molecule has 1 N–H and O–H groups in total. The van der Waals surface area contributed by atoms with Gasteiger partial charge in [-0.25, -0.2) is 9.78 Å². The maximum absolute atomic E-state index is 13.4. The third kappa shape index (κ3) is 5.66. The van der Waals surface area contributed by atoms with Crippen LogP contribution >= 0.6 is 11.8 Å². The minimum absolute atomic E-state index is 0.0934. The molecule has 0 saturated carbocycles. The third-order valence-corrected chi connectivity index (χ3v) is 6.85. The number of benzene rings is 2. The molecule has 0 spiro atoms. The zero-order valence-electron chi connectivity index (χ0n) is 19.8. The number of fused-ring (bicyclic) bond motifs is 1. The van der Waals surface area contributed by atoms with Gasteiger partial charge in [-0.2, -0.15) is 0 Å². The number of hydrogen-bond donors (Lipinski definition) is 1. The Balaban J connectivity index is 1.64. The van der Waals surface area contributed by atoms with Crippen molar-refractivity contribution >= 4 is 40.2 Å². The molecule has 2 aromatic carbocycles. The van der Waals surface area contributed by atoms with Gasteiger partial charge in [0.1, 0.15) is 5.75 Å². The van der Waals surface area contributed by atoms with Crippen molar-refractivity contribution in [1.29, 1.82) is 0 Å². The van der Waals surface area contributed by atoms with Gasteiger partial charge in [0.25, 0.3) is 5.56 Å². The highest BCUT2D eigenvalue weighted by atomic mass is 32.2. The van der Waals surface area contributed by atoms with Gasteiger partial charge >= 0.3 is 5.97 Å². The van der Waals surface area contributed by atoms with Crippen LogP contribution in [-0.2, 0) is 20.8 Å². The summed E-state index contributed by atoms with van der Waals surface area (Å²) in [5, 5.41) is 3.09. The molecule has 0 radical (unpaired) electrons. The van der Waals surface area contributed by atoms with Gasteiger partial charge in [0.2, 0.25) is 5.91 Å². The maximum Gasteiger partial charge on any atom is 0.337 e. The Kier molecular flexibility index (Phi) is 7.72. The second kappa shape index (κ2) is 10.9. The number of aromatic nitrogens is 2. The fourth-order valence-corrected chi connectivity index (χ4v) is 4.74. The fourth-order valence-electron chi connectivity index (χ4n) is 3.82. The summed E-state index contributed by atoms with van der Waals surface area (Å²) in [5.41, 5.74) is 1.05. The molecule has 1 aliphatic heterocycles. The SMILES string of the molecule is COC(=O)c1ccc2c(=O)n(C[C@@H]3CCCO3)c(S[C@@H](C)C(=O)Nc3ccc(OC)cc3)nc2c1. The number of carbonyl (C=O) groups is 2. The van der Waals surface area contributed by atoms with Crippen molar-refractivity contribution < 1.29 is 23.8 Å². The first-order valence-corrected chi connectivity index (χ1v) is 12.1. The largest absolute Gasteiger partial charge is 0.497 e. The van der Waals surface area contributed by atoms with Crippen LogP contribution in [0.4, 0.5) is 5.69 Å². The number of anilines is 1. The van der Waals surface area contributed by atoms with Crippen LogP contribution in [-0.4, -0.2) is 53.6 Å². The molecule has 4 rings (SSSR count). The average Bonchev–Trinajstić information content (AvgIpc) is 3.39. The van der Waals surface area contributed by atoms with Gasteiger partial charge in [-0.15, -0.1) is 0 Å². The summed E-state index contributed by atoms with van der Waals surface area (Å²) in [6.45, 7) is 2.75. The smallest absolute Gasteiger partial charge is 0.337 e. The quantitative estimate of drug-likeness (QED) is 0.286. The predicted molar refractivity (Wildman–Crippen MR) is 133 cm³/mol. The Morgan fingerprint density at radius 1 is 1.23 bits per heavy atom. The third-order valence-electron chi connectivity index (χ3n) is 5.76. The van der Waals surface area contributed by atoms with Crippen molar-refractivity contribution in [1.82, 2.24) is 9.55 Å². The number of hydrogen-bond acceptors (Lipinski definition) is 8. The molecule has 3 aromatic rings. The lowest BCUT2D eigenvalue weighted by molar-refractivity contribution is -0.115. The van der Waals surface area contributed by atoms with E-state index in [4.69, 9.17) is 14.2 Å². The van der Waals surface area contributed by atoms with E-state index in [1.807, 2.05) is 0 Å². The molecule has 2 atom stereocenters. The Labute approximate surface area is 206 Å². The minimum atomic E-state index is -0.555. The normalized spacial score (nSPS) is 16.1. The predicted octanol–water partition coefficient (Wildman–Crippen LogP) is 3.49. The molecule has 0 unspecified atom stereocenters. The molecule has 0 bridgehead atoms. The number of ether oxygens (including phenoxy) is 3. The number of thioether (sulfide) groups is 1. The number of amides is 1. The van der Waals surface area contributed by atoms with E-state index in [1.165, 1.54) is 24.9 Å². The maximum atomic E-state index is 13.4. The van der Waals surface area contributed by atoms with Crippen LogP contribution < -0.4 is 15.6 Å².